The van der Waals surface area contributed by atoms with Gasteiger partial charge in [0.1, 0.15) is 0 Å². The minimum atomic E-state index is -0.152. The van der Waals surface area contributed by atoms with Gasteiger partial charge in [-0.2, -0.15) is 0 Å². The molecule has 12 heavy (non-hydrogen) atoms. The highest BCUT2D eigenvalue weighted by Gasteiger charge is 2.02. The zero-order chi connectivity index (χ0) is 9.40. The zero-order valence-electron chi connectivity index (χ0n) is 7.02. The summed E-state index contributed by atoms with van der Waals surface area (Å²) in [6, 6.07) is 0. The van der Waals surface area contributed by atoms with E-state index in [1.54, 1.807) is 0 Å². The van der Waals surface area contributed by atoms with Gasteiger partial charge in [-0.1, -0.05) is 15.9 Å². The quantitative estimate of drug-likeness (QED) is 0.662. The Balaban J connectivity index is 3.40. The number of rotatable bonds is 5. The molecule has 0 saturated carbocycles. The molecule has 0 unspecified atom stereocenters. The van der Waals surface area contributed by atoms with Crippen LogP contribution in [0.15, 0.2) is 0 Å². The molecule has 0 rings (SSSR count). The van der Waals surface area contributed by atoms with E-state index in [1.165, 1.54) is 0 Å². The minimum Gasteiger partial charge on any atom is -0.355 e. The second-order valence-corrected chi connectivity index (χ2v) is 2.96. The highest BCUT2D eigenvalue weighted by Crippen LogP contribution is 1.85. The van der Waals surface area contributed by atoms with Gasteiger partial charge in [0.2, 0.25) is 11.8 Å². The molecule has 0 saturated heterocycles. The maximum Gasteiger partial charge on any atom is 0.239 e. The van der Waals surface area contributed by atoms with E-state index in [-0.39, 0.29) is 18.4 Å². The van der Waals surface area contributed by atoms with Gasteiger partial charge in [0.15, 0.2) is 0 Å². The molecule has 0 bridgehead atoms. The molecule has 0 aliphatic carbocycles. The normalized spacial score (nSPS) is 9.17. The van der Waals surface area contributed by atoms with Crippen LogP contribution in [0.2, 0.25) is 0 Å². The van der Waals surface area contributed by atoms with Crippen LogP contribution in [-0.2, 0) is 9.59 Å². The number of carbonyl (C=O) groups is 2. The Kier molecular flexibility index (Phi) is 6.75. The minimum absolute atomic E-state index is 0.0691. The van der Waals surface area contributed by atoms with E-state index < -0.39 is 0 Å². The fourth-order valence-corrected chi connectivity index (χ4v) is 0.973. The van der Waals surface area contributed by atoms with Gasteiger partial charge in [-0.25, -0.2) is 0 Å². The van der Waals surface area contributed by atoms with Crippen LogP contribution in [0.4, 0.5) is 0 Å². The van der Waals surface area contributed by atoms with Crippen molar-refractivity contribution in [2.24, 2.45) is 0 Å². The number of nitrogens with one attached hydrogen (secondary N) is 2. The Labute approximate surface area is 80.2 Å². The van der Waals surface area contributed by atoms with Gasteiger partial charge >= 0.3 is 0 Å². The highest BCUT2D eigenvalue weighted by molar-refractivity contribution is 9.09. The average molecular weight is 237 g/mol. The first kappa shape index (κ1) is 11.4. The van der Waals surface area contributed by atoms with E-state index >= 15 is 0 Å². The van der Waals surface area contributed by atoms with Gasteiger partial charge < -0.3 is 10.6 Å². The third-order valence-electron chi connectivity index (χ3n) is 1.14. The smallest absolute Gasteiger partial charge is 0.239 e. The van der Waals surface area contributed by atoms with Crippen LogP contribution in [0.25, 0.3) is 0 Å². The lowest BCUT2D eigenvalue weighted by Gasteiger charge is -2.03. The van der Waals surface area contributed by atoms with E-state index in [4.69, 9.17) is 0 Å². The third-order valence-corrected chi connectivity index (χ3v) is 1.54. The average Bonchev–Trinajstić information content (AvgIpc) is 2.02. The lowest BCUT2D eigenvalue weighted by Crippen LogP contribution is -2.36. The van der Waals surface area contributed by atoms with Gasteiger partial charge in [0, 0.05) is 18.3 Å². The summed E-state index contributed by atoms with van der Waals surface area (Å²) in [5.74, 6) is -0.265. The van der Waals surface area contributed by atoms with Gasteiger partial charge in [-0.05, 0) is 6.92 Å². The number of hydrogen-bond donors (Lipinski definition) is 2. The second-order valence-electron chi connectivity index (χ2n) is 2.17. The fraction of sp³-hybridized carbons (Fsp3) is 0.714. The summed E-state index contributed by atoms with van der Waals surface area (Å²) in [5.41, 5.74) is 0. The molecule has 0 aromatic heterocycles. The Morgan fingerprint density at radius 2 is 1.92 bits per heavy atom. The molecule has 0 atom stereocenters. The predicted molar refractivity (Wildman–Crippen MR) is 50.1 cm³/mol. The molecule has 70 valence electrons. The van der Waals surface area contributed by atoms with Crippen molar-refractivity contribution >= 4 is 27.7 Å². The van der Waals surface area contributed by atoms with Crippen molar-refractivity contribution in [2.75, 3.05) is 18.4 Å². The first-order valence-corrected chi connectivity index (χ1v) is 4.92. The van der Waals surface area contributed by atoms with Crippen LogP contribution in [0, 0.1) is 0 Å². The van der Waals surface area contributed by atoms with E-state index in [1.807, 2.05) is 6.92 Å². The standard InChI is InChI=1S/C7H13BrN2O2/c1-2-9-7(12)5-10-6(11)3-4-8/h2-5H2,1H3,(H,9,12)(H,10,11). The molecule has 2 N–H and O–H groups in total. The van der Waals surface area contributed by atoms with Crippen molar-refractivity contribution in [1.82, 2.24) is 10.6 Å². The molecule has 0 aliphatic rings. The molecule has 0 fully saturated rings. The maximum absolute atomic E-state index is 10.8. The summed E-state index contributed by atoms with van der Waals surface area (Å²) < 4.78 is 0. The van der Waals surface area contributed by atoms with Crippen LogP contribution >= 0.6 is 15.9 Å². The van der Waals surface area contributed by atoms with Crippen LogP contribution in [-0.4, -0.2) is 30.2 Å². The Hall–Kier alpha value is -0.580. The lowest BCUT2D eigenvalue weighted by atomic mass is 10.4. The number of halogens is 1. The first-order chi connectivity index (χ1) is 5.70. The van der Waals surface area contributed by atoms with Crippen molar-refractivity contribution in [3.63, 3.8) is 0 Å². The number of amides is 2. The Morgan fingerprint density at radius 3 is 2.42 bits per heavy atom. The second kappa shape index (κ2) is 7.09. The number of likely N-dealkylation sites (N-methyl/N-ethyl adjacent to an activating group) is 1. The predicted octanol–water partition coefficient (Wildman–Crippen LogP) is 0.0237. The largest absolute Gasteiger partial charge is 0.355 e. The van der Waals surface area contributed by atoms with Crippen molar-refractivity contribution in [3.05, 3.63) is 0 Å². The van der Waals surface area contributed by atoms with Crippen LogP contribution in [0.1, 0.15) is 13.3 Å². The molecule has 0 heterocycles. The molecule has 0 aliphatic heterocycles. The monoisotopic (exact) mass is 236 g/mol. The molecule has 5 heteroatoms. The third kappa shape index (κ3) is 6.15. The molecular weight excluding hydrogens is 224 g/mol. The van der Waals surface area contributed by atoms with Crippen molar-refractivity contribution in [2.45, 2.75) is 13.3 Å². The molecule has 2 amide bonds. The fourth-order valence-electron chi connectivity index (χ4n) is 0.613. The molecule has 4 nitrogen and oxygen atoms in total. The number of hydrogen-bond acceptors (Lipinski definition) is 2. The van der Waals surface area contributed by atoms with E-state index in [0.717, 1.165) is 0 Å². The Bertz CT molecular complexity index is 143. The zero-order valence-corrected chi connectivity index (χ0v) is 8.61. The summed E-state index contributed by atoms with van der Waals surface area (Å²) in [7, 11) is 0. The number of carbonyl (C=O) groups excluding carboxylic acids is 2. The summed E-state index contributed by atoms with van der Waals surface area (Å²) >= 11 is 3.13. The lowest BCUT2D eigenvalue weighted by molar-refractivity contribution is -0.125. The van der Waals surface area contributed by atoms with Crippen molar-refractivity contribution in [1.29, 1.82) is 0 Å². The molecule has 0 aromatic rings. The highest BCUT2D eigenvalue weighted by atomic mass is 79.9. The van der Waals surface area contributed by atoms with E-state index in [0.29, 0.717) is 18.3 Å². The summed E-state index contributed by atoms with van der Waals surface area (Å²) in [6.45, 7) is 2.49. The SMILES string of the molecule is CCNC(=O)CNC(=O)CCBr. The van der Waals surface area contributed by atoms with Crippen LogP contribution < -0.4 is 10.6 Å². The maximum atomic E-state index is 10.8. The van der Waals surface area contributed by atoms with Gasteiger partial charge in [-0.3, -0.25) is 9.59 Å². The molecule has 0 spiro atoms. The van der Waals surface area contributed by atoms with Gasteiger partial charge in [0.25, 0.3) is 0 Å². The van der Waals surface area contributed by atoms with Crippen molar-refractivity contribution in [3.8, 4) is 0 Å². The summed E-state index contributed by atoms with van der Waals surface area (Å²) in [5, 5.41) is 5.68. The van der Waals surface area contributed by atoms with Crippen LogP contribution in [0.3, 0.4) is 0 Å². The summed E-state index contributed by atoms with van der Waals surface area (Å²) in [6.07, 6.45) is 0.402. The first-order valence-electron chi connectivity index (χ1n) is 3.80. The Morgan fingerprint density at radius 1 is 1.25 bits per heavy atom. The van der Waals surface area contributed by atoms with Crippen molar-refractivity contribution < 1.29 is 9.59 Å². The van der Waals surface area contributed by atoms with Gasteiger partial charge in [-0.15, -0.1) is 0 Å². The van der Waals surface area contributed by atoms with Crippen LogP contribution in [0.5, 0.6) is 0 Å². The molecular formula is C7H13BrN2O2. The summed E-state index contributed by atoms with van der Waals surface area (Å²) in [4.78, 5) is 21.6. The molecule has 0 radical (unpaired) electrons. The van der Waals surface area contributed by atoms with Gasteiger partial charge in [0.05, 0.1) is 6.54 Å². The van der Waals surface area contributed by atoms with E-state index in [2.05, 4.69) is 26.6 Å². The van der Waals surface area contributed by atoms with E-state index in [9.17, 15) is 9.59 Å². The number of alkyl halides is 1. The molecule has 0 aromatic carbocycles. The topological polar surface area (TPSA) is 58.2 Å².